The van der Waals surface area contributed by atoms with Gasteiger partial charge in [0.2, 0.25) is 0 Å². The lowest BCUT2D eigenvalue weighted by atomic mass is 9.97. The SMILES string of the molecule is CCc1c(C(=O)N2CCOc3ccc(-c4ccc(N)c(OCCN(C)C)c4)cc3C2)ccc(C(C)=O)c1F. The first kappa shape index (κ1) is 27.1. The third-order valence-corrected chi connectivity index (χ3v) is 6.68. The number of rotatable bonds is 8. The van der Waals surface area contributed by atoms with Crippen LogP contribution in [0.3, 0.4) is 0 Å². The summed E-state index contributed by atoms with van der Waals surface area (Å²) in [5.74, 6) is 0.0503. The number of carbonyl (C=O) groups excluding carboxylic acids is 2. The van der Waals surface area contributed by atoms with Gasteiger partial charge in [-0.2, -0.15) is 0 Å². The Hall–Kier alpha value is -3.91. The van der Waals surface area contributed by atoms with Crippen molar-refractivity contribution in [2.24, 2.45) is 0 Å². The topological polar surface area (TPSA) is 85.1 Å². The molecule has 1 aliphatic heterocycles. The monoisotopic (exact) mass is 519 g/mol. The normalized spacial score (nSPS) is 13.1. The summed E-state index contributed by atoms with van der Waals surface area (Å²) >= 11 is 0. The standard InChI is InChI=1S/C30H34FN3O4/c1-5-23-25(9-8-24(19(2)35)29(23)31)30(36)34-13-15-37-27-11-7-20(16-22(27)18-34)21-6-10-26(32)28(17-21)38-14-12-33(3)4/h6-11,16-17H,5,12-15,18,32H2,1-4H3. The summed E-state index contributed by atoms with van der Waals surface area (Å²) in [5, 5.41) is 0. The van der Waals surface area contributed by atoms with Crippen molar-refractivity contribution in [3.63, 3.8) is 0 Å². The third-order valence-electron chi connectivity index (χ3n) is 6.68. The number of amides is 1. The summed E-state index contributed by atoms with van der Waals surface area (Å²) in [6, 6.07) is 14.5. The number of Topliss-reactive ketones (excluding diaryl/α,β-unsaturated/α-hetero) is 1. The molecular weight excluding hydrogens is 485 g/mol. The third kappa shape index (κ3) is 5.81. The molecule has 2 N–H and O–H groups in total. The maximum absolute atomic E-state index is 15.0. The Morgan fingerprint density at radius 1 is 1.08 bits per heavy atom. The molecule has 0 spiro atoms. The van der Waals surface area contributed by atoms with Gasteiger partial charge in [0.15, 0.2) is 5.78 Å². The van der Waals surface area contributed by atoms with Crippen LogP contribution < -0.4 is 15.2 Å². The van der Waals surface area contributed by atoms with Crippen molar-refractivity contribution in [3.05, 3.63) is 76.6 Å². The van der Waals surface area contributed by atoms with E-state index in [-0.39, 0.29) is 28.4 Å². The van der Waals surface area contributed by atoms with Crippen LogP contribution in [0.1, 0.15) is 45.7 Å². The molecule has 0 radical (unpaired) electrons. The van der Waals surface area contributed by atoms with Gasteiger partial charge in [0.1, 0.15) is 30.5 Å². The van der Waals surface area contributed by atoms with E-state index in [1.807, 2.05) is 55.4 Å². The van der Waals surface area contributed by atoms with Gasteiger partial charge >= 0.3 is 0 Å². The van der Waals surface area contributed by atoms with Crippen LogP contribution in [0.5, 0.6) is 11.5 Å². The average Bonchev–Trinajstić information content (AvgIpc) is 3.10. The molecule has 7 nitrogen and oxygen atoms in total. The molecule has 0 bridgehead atoms. The predicted octanol–water partition coefficient (Wildman–Crippen LogP) is 4.82. The number of nitrogen functional groups attached to an aromatic ring is 1. The van der Waals surface area contributed by atoms with Gasteiger partial charge in [-0.05, 0) is 75.0 Å². The molecule has 0 saturated heterocycles. The number of hydrogen-bond donors (Lipinski definition) is 1. The minimum atomic E-state index is -0.619. The summed E-state index contributed by atoms with van der Waals surface area (Å²) in [6.07, 6.45) is 0.301. The molecule has 1 amide bonds. The van der Waals surface area contributed by atoms with Crippen molar-refractivity contribution in [2.75, 3.05) is 46.1 Å². The Labute approximate surface area is 222 Å². The number of hydrogen-bond acceptors (Lipinski definition) is 6. The molecule has 0 unspecified atom stereocenters. The maximum atomic E-state index is 15.0. The maximum Gasteiger partial charge on any atom is 0.254 e. The Kier molecular flexibility index (Phi) is 8.32. The molecular formula is C30H34FN3O4. The van der Waals surface area contributed by atoms with Crippen LogP contribution >= 0.6 is 0 Å². The van der Waals surface area contributed by atoms with E-state index >= 15 is 4.39 Å². The number of fused-ring (bicyclic) bond motifs is 1. The summed E-state index contributed by atoms with van der Waals surface area (Å²) in [5.41, 5.74) is 9.94. The first-order chi connectivity index (χ1) is 18.2. The zero-order valence-corrected chi connectivity index (χ0v) is 22.3. The van der Waals surface area contributed by atoms with Crippen molar-refractivity contribution < 1.29 is 23.5 Å². The highest BCUT2D eigenvalue weighted by Gasteiger charge is 2.26. The van der Waals surface area contributed by atoms with Crippen LogP contribution in [-0.2, 0) is 13.0 Å². The zero-order chi connectivity index (χ0) is 27.4. The predicted molar refractivity (Wildman–Crippen MR) is 146 cm³/mol. The van der Waals surface area contributed by atoms with Crippen molar-refractivity contribution in [1.29, 1.82) is 0 Å². The van der Waals surface area contributed by atoms with Gasteiger partial charge in [-0.15, -0.1) is 0 Å². The lowest BCUT2D eigenvalue weighted by Crippen LogP contribution is -2.33. The Bertz CT molecular complexity index is 1360. The molecule has 0 aromatic heterocycles. The number of likely N-dealkylation sites (N-methyl/N-ethyl adjacent to an activating group) is 1. The lowest BCUT2D eigenvalue weighted by Gasteiger charge is -2.22. The van der Waals surface area contributed by atoms with Gasteiger partial charge in [-0.3, -0.25) is 9.59 Å². The van der Waals surface area contributed by atoms with Gasteiger partial charge in [0, 0.05) is 29.8 Å². The van der Waals surface area contributed by atoms with Gasteiger partial charge in [0.05, 0.1) is 17.8 Å². The number of anilines is 1. The zero-order valence-electron chi connectivity index (χ0n) is 22.3. The van der Waals surface area contributed by atoms with Gasteiger partial charge < -0.3 is 25.0 Å². The van der Waals surface area contributed by atoms with Crippen LogP contribution in [-0.4, -0.2) is 61.9 Å². The second-order valence-electron chi connectivity index (χ2n) is 9.66. The van der Waals surface area contributed by atoms with Crippen LogP contribution in [0.2, 0.25) is 0 Å². The van der Waals surface area contributed by atoms with Crippen LogP contribution in [0, 0.1) is 5.82 Å². The van der Waals surface area contributed by atoms with Crippen molar-refractivity contribution in [3.8, 4) is 22.6 Å². The molecule has 200 valence electrons. The highest BCUT2D eigenvalue weighted by atomic mass is 19.1. The fourth-order valence-electron chi connectivity index (χ4n) is 4.53. The van der Waals surface area contributed by atoms with E-state index in [0.29, 0.717) is 49.9 Å². The Balaban J connectivity index is 1.61. The quantitative estimate of drug-likeness (QED) is 0.340. The van der Waals surface area contributed by atoms with E-state index in [4.69, 9.17) is 15.2 Å². The van der Waals surface area contributed by atoms with E-state index in [9.17, 15) is 9.59 Å². The van der Waals surface area contributed by atoms with Gasteiger partial charge in [0.25, 0.3) is 5.91 Å². The fourth-order valence-corrected chi connectivity index (χ4v) is 4.53. The molecule has 1 heterocycles. The Morgan fingerprint density at radius 3 is 2.50 bits per heavy atom. The molecule has 0 fully saturated rings. The van der Waals surface area contributed by atoms with Crippen molar-refractivity contribution in [2.45, 2.75) is 26.8 Å². The fraction of sp³-hybridized carbons (Fsp3) is 0.333. The summed E-state index contributed by atoms with van der Waals surface area (Å²) in [4.78, 5) is 29.0. The van der Waals surface area contributed by atoms with E-state index in [2.05, 4.69) is 0 Å². The number of halogens is 1. The second kappa shape index (κ2) is 11.6. The molecule has 8 heteroatoms. The molecule has 3 aromatic rings. The first-order valence-corrected chi connectivity index (χ1v) is 12.7. The smallest absolute Gasteiger partial charge is 0.254 e. The van der Waals surface area contributed by atoms with Crippen LogP contribution in [0.15, 0.2) is 48.5 Å². The summed E-state index contributed by atoms with van der Waals surface area (Å²) in [7, 11) is 3.96. The van der Waals surface area contributed by atoms with Gasteiger partial charge in [-0.25, -0.2) is 4.39 Å². The first-order valence-electron chi connectivity index (χ1n) is 12.7. The summed E-state index contributed by atoms with van der Waals surface area (Å²) < 4.78 is 26.9. The Morgan fingerprint density at radius 2 is 1.79 bits per heavy atom. The number of ketones is 1. The minimum Gasteiger partial charge on any atom is -0.491 e. The number of benzene rings is 3. The molecule has 38 heavy (non-hydrogen) atoms. The van der Waals surface area contributed by atoms with E-state index in [1.54, 1.807) is 17.9 Å². The highest BCUT2D eigenvalue weighted by Crippen LogP contribution is 2.33. The van der Waals surface area contributed by atoms with Crippen molar-refractivity contribution >= 4 is 17.4 Å². The van der Waals surface area contributed by atoms with Crippen LogP contribution in [0.25, 0.3) is 11.1 Å². The molecule has 1 aliphatic rings. The summed E-state index contributed by atoms with van der Waals surface area (Å²) in [6.45, 7) is 5.36. The van der Waals surface area contributed by atoms with Gasteiger partial charge in [-0.1, -0.05) is 19.1 Å². The molecule has 3 aromatic carbocycles. The van der Waals surface area contributed by atoms with E-state index in [1.165, 1.54) is 13.0 Å². The van der Waals surface area contributed by atoms with E-state index in [0.717, 1.165) is 23.2 Å². The molecule has 0 aliphatic carbocycles. The largest absolute Gasteiger partial charge is 0.491 e. The molecule has 0 saturated carbocycles. The number of nitrogens with zero attached hydrogens (tertiary/aromatic N) is 2. The number of nitrogens with two attached hydrogens (primary N) is 1. The highest BCUT2D eigenvalue weighted by molar-refractivity contribution is 5.99. The van der Waals surface area contributed by atoms with E-state index < -0.39 is 5.82 Å². The van der Waals surface area contributed by atoms with Crippen molar-refractivity contribution in [1.82, 2.24) is 9.80 Å². The number of ether oxygens (including phenoxy) is 2. The number of carbonyl (C=O) groups is 2. The molecule has 4 rings (SSSR count). The average molecular weight is 520 g/mol. The minimum absolute atomic E-state index is 0.00106. The van der Waals surface area contributed by atoms with Crippen LogP contribution in [0.4, 0.5) is 10.1 Å². The lowest BCUT2D eigenvalue weighted by molar-refractivity contribution is 0.0731. The molecule has 0 atom stereocenters. The second-order valence-corrected chi connectivity index (χ2v) is 9.66.